The molecule has 0 bridgehead atoms. The maximum atomic E-state index is 12.1. The molecule has 2 unspecified atom stereocenters. The summed E-state index contributed by atoms with van der Waals surface area (Å²) in [5.74, 6) is -0.308. The van der Waals surface area contributed by atoms with E-state index in [9.17, 15) is 4.79 Å². The molecule has 0 saturated carbocycles. The zero-order valence-electron chi connectivity index (χ0n) is 13.3. The second kappa shape index (κ2) is 7.42. The van der Waals surface area contributed by atoms with E-state index in [-0.39, 0.29) is 30.3 Å². The van der Waals surface area contributed by atoms with Gasteiger partial charge in [0.1, 0.15) is 0 Å². The minimum Gasteiger partial charge on any atom is -0.327 e. The van der Waals surface area contributed by atoms with Crippen LogP contribution in [0.3, 0.4) is 0 Å². The summed E-state index contributed by atoms with van der Waals surface area (Å²) in [5.41, 5.74) is 9.45. The SMILES string of the molecule is Cc1cc(C)n(-c2cccc(NC(=O)C(C)C(C)N)c2)n1.Cl. The second-order valence-corrected chi connectivity index (χ2v) is 5.53. The highest BCUT2D eigenvalue weighted by Gasteiger charge is 2.17. The Kier molecular flexibility index (Phi) is 6.14. The number of carbonyl (C=O) groups is 1. The van der Waals surface area contributed by atoms with Gasteiger partial charge in [-0.15, -0.1) is 12.4 Å². The number of aromatic nitrogens is 2. The molecular formula is C16H23ClN4O. The molecule has 0 aliphatic heterocycles. The Hall–Kier alpha value is -1.85. The molecule has 0 aliphatic rings. The monoisotopic (exact) mass is 322 g/mol. The molecule has 120 valence electrons. The van der Waals surface area contributed by atoms with Gasteiger partial charge in [-0.05, 0) is 45.0 Å². The molecule has 2 rings (SSSR count). The van der Waals surface area contributed by atoms with E-state index in [0.29, 0.717) is 0 Å². The first-order valence-electron chi connectivity index (χ1n) is 7.08. The van der Waals surface area contributed by atoms with Gasteiger partial charge in [-0.2, -0.15) is 5.10 Å². The minimum atomic E-state index is -0.234. The van der Waals surface area contributed by atoms with Gasteiger partial charge in [0.2, 0.25) is 5.91 Å². The van der Waals surface area contributed by atoms with Gasteiger partial charge in [-0.3, -0.25) is 4.79 Å². The fourth-order valence-corrected chi connectivity index (χ4v) is 2.10. The molecule has 6 heteroatoms. The van der Waals surface area contributed by atoms with E-state index in [1.807, 2.05) is 62.7 Å². The van der Waals surface area contributed by atoms with Gasteiger partial charge in [0, 0.05) is 17.4 Å². The molecule has 1 aromatic heterocycles. The van der Waals surface area contributed by atoms with Crippen LogP contribution >= 0.6 is 12.4 Å². The van der Waals surface area contributed by atoms with Crippen molar-refractivity contribution in [2.45, 2.75) is 33.7 Å². The summed E-state index contributed by atoms with van der Waals surface area (Å²) in [4.78, 5) is 12.1. The fourth-order valence-electron chi connectivity index (χ4n) is 2.10. The quantitative estimate of drug-likeness (QED) is 0.909. The maximum Gasteiger partial charge on any atom is 0.228 e. The second-order valence-electron chi connectivity index (χ2n) is 5.53. The van der Waals surface area contributed by atoms with Gasteiger partial charge in [-0.1, -0.05) is 13.0 Å². The zero-order chi connectivity index (χ0) is 15.6. The van der Waals surface area contributed by atoms with Crippen molar-refractivity contribution in [2.24, 2.45) is 11.7 Å². The van der Waals surface area contributed by atoms with Crippen molar-refractivity contribution < 1.29 is 4.79 Å². The molecule has 0 saturated heterocycles. The highest BCUT2D eigenvalue weighted by atomic mass is 35.5. The molecule has 0 spiro atoms. The molecule has 22 heavy (non-hydrogen) atoms. The number of amides is 1. The van der Waals surface area contributed by atoms with Crippen LogP contribution in [-0.2, 0) is 4.79 Å². The normalized spacial score (nSPS) is 13.1. The number of nitrogens with one attached hydrogen (secondary N) is 1. The summed E-state index contributed by atoms with van der Waals surface area (Å²) < 4.78 is 1.86. The summed E-state index contributed by atoms with van der Waals surface area (Å²) in [6.45, 7) is 7.62. The van der Waals surface area contributed by atoms with Crippen molar-refractivity contribution in [3.05, 3.63) is 41.7 Å². The zero-order valence-corrected chi connectivity index (χ0v) is 14.1. The number of hydrogen-bond donors (Lipinski definition) is 2. The van der Waals surface area contributed by atoms with Crippen LogP contribution in [0.4, 0.5) is 5.69 Å². The predicted octanol–water partition coefficient (Wildman–Crippen LogP) is 2.83. The number of hydrogen-bond acceptors (Lipinski definition) is 3. The number of rotatable bonds is 4. The van der Waals surface area contributed by atoms with E-state index in [2.05, 4.69) is 10.4 Å². The van der Waals surface area contributed by atoms with Crippen molar-refractivity contribution in [1.82, 2.24) is 9.78 Å². The van der Waals surface area contributed by atoms with Gasteiger partial charge in [0.05, 0.1) is 17.3 Å². The lowest BCUT2D eigenvalue weighted by atomic mass is 10.0. The Labute approximate surface area is 137 Å². The Balaban J connectivity index is 0.00000242. The van der Waals surface area contributed by atoms with Gasteiger partial charge < -0.3 is 11.1 Å². The van der Waals surface area contributed by atoms with Crippen LogP contribution in [-0.4, -0.2) is 21.7 Å². The summed E-state index contributed by atoms with van der Waals surface area (Å²) >= 11 is 0. The number of halogens is 1. The third-order valence-electron chi connectivity index (χ3n) is 3.57. The number of carbonyl (C=O) groups excluding carboxylic acids is 1. The van der Waals surface area contributed by atoms with Crippen molar-refractivity contribution in [2.75, 3.05) is 5.32 Å². The molecule has 2 aromatic rings. The van der Waals surface area contributed by atoms with Crippen molar-refractivity contribution in [3.63, 3.8) is 0 Å². The summed E-state index contributed by atoms with van der Waals surface area (Å²) in [7, 11) is 0. The van der Waals surface area contributed by atoms with Crippen LogP contribution in [0.5, 0.6) is 0 Å². The number of anilines is 1. The van der Waals surface area contributed by atoms with E-state index in [4.69, 9.17) is 5.73 Å². The Morgan fingerprint density at radius 1 is 1.27 bits per heavy atom. The topological polar surface area (TPSA) is 72.9 Å². The maximum absolute atomic E-state index is 12.1. The van der Waals surface area contributed by atoms with Crippen LogP contribution in [0.25, 0.3) is 5.69 Å². The predicted molar refractivity (Wildman–Crippen MR) is 91.7 cm³/mol. The standard InChI is InChI=1S/C16H22N4O.ClH/c1-10-8-11(2)20(19-10)15-7-5-6-14(9-15)18-16(21)12(3)13(4)17;/h5-9,12-13H,17H2,1-4H3,(H,18,21);1H. The van der Waals surface area contributed by atoms with E-state index >= 15 is 0 Å². The first-order chi connectivity index (χ1) is 9.88. The number of benzene rings is 1. The Morgan fingerprint density at radius 2 is 1.95 bits per heavy atom. The third kappa shape index (κ3) is 4.08. The molecule has 3 N–H and O–H groups in total. The lowest BCUT2D eigenvalue weighted by Crippen LogP contribution is -2.34. The molecule has 0 fully saturated rings. The van der Waals surface area contributed by atoms with Crippen LogP contribution in [0.1, 0.15) is 25.2 Å². The van der Waals surface area contributed by atoms with Crippen LogP contribution in [0, 0.1) is 19.8 Å². The summed E-state index contributed by atoms with van der Waals surface area (Å²) in [6, 6.07) is 9.47. The molecular weight excluding hydrogens is 300 g/mol. The fraction of sp³-hybridized carbons (Fsp3) is 0.375. The number of aryl methyl sites for hydroxylation is 2. The van der Waals surface area contributed by atoms with E-state index < -0.39 is 0 Å². The third-order valence-corrected chi connectivity index (χ3v) is 3.57. The minimum absolute atomic E-state index is 0. The molecule has 1 aromatic carbocycles. The van der Waals surface area contributed by atoms with E-state index in [0.717, 1.165) is 22.8 Å². The smallest absolute Gasteiger partial charge is 0.228 e. The van der Waals surface area contributed by atoms with Crippen molar-refractivity contribution in [3.8, 4) is 5.69 Å². The molecule has 1 heterocycles. The van der Waals surface area contributed by atoms with E-state index in [1.165, 1.54) is 0 Å². The summed E-state index contributed by atoms with van der Waals surface area (Å²) in [5, 5.41) is 7.35. The van der Waals surface area contributed by atoms with Crippen molar-refractivity contribution >= 4 is 24.0 Å². The first-order valence-corrected chi connectivity index (χ1v) is 7.08. The average molecular weight is 323 g/mol. The molecule has 1 amide bonds. The van der Waals surface area contributed by atoms with Crippen molar-refractivity contribution in [1.29, 1.82) is 0 Å². The molecule has 5 nitrogen and oxygen atoms in total. The highest BCUT2D eigenvalue weighted by Crippen LogP contribution is 2.17. The van der Waals surface area contributed by atoms with Crippen LogP contribution in [0.2, 0.25) is 0 Å². The van der Waals surface area contributed by atoms with Gasteiger partial charge in [0.15, 0.2) is 0 Å². The van der Waals surface area contributed by atoms with Gasteiger partial charge in [0.25, 0.3) is 0 Å². The number of nitrogens with two attached hydrogens (primary N) is 1. The first kappa shape index (κ1) is 18.2. The number of nitrogens with zero attached hydrogens (tertiary/aromatic N) is 2. The van der Waals surface area contributed by atoms with Gasteiger partial charge >= 0.3 is 0 Å². The lowest BCUT2D eigenvalue weighted by molar-refractivity contribution is -0.119. The molecule has 0 aliphatic carbocycles. The van der Waals surface area contributed by atoms with Crippen LogP contribution < -0.4 is 11.1 Å². The lowest BCUT2D eigenvalue weighted by Gasteiger charge is -2.16. The average Bonchev–Trinajstić information content (AvgIpc) is 2.77. The molecule has 0 radical (unpaired) electrons. The molecule has 2 atom stereocenters. The van der Waals surface area contributed by atoms with Gasteiger partial charge in [-0.25, -0.2) is 4.68 Å². The Morgan fingerprint density at radius 3 is 2.50 bits per heavy atom. The Bertz CT molecular complexity index is 651. The largest absolute Gasteiger partial charge is 0.327 e. The van der Waals surface area contributed by atoms with E-state index in [1.54, 1.807) is 0 Å². The summed E-state index contributed by atoms with van der Waals surface area (Å²) in [6.07, 6.45) is 0. The highest BCUT2D eigenvalue weighted by molar-refractivity contribution is 5.93. The van der Waals surface area contributed by atoms with Crippen LogP contribution in [0.15, 0.2) is 30.3 Å².